The maximum absolute atomic E-state index is 11.1. The van der Waals surface area contributed by atoms with Crippen molar-refractivity contribution in [2.75, 3.05) is 13.7 Å². The second-order valence-corrected chi connectivity index (χ2v) is 6.37. The monoisotopic (exact) mass is 341 g/mol. The smallest absolute Gasteiger partial charge is 0.307 e. The van der Waals surface area contributed by atoms with E-state index in [2.05, 4.69) is 47.2 Å². The molecule has 0 aliphatic carbocycles. The molecule has 1 heterocycles. The van der Waals surface area contributed by atoms with E-state index in [1.807, 2.05) is 0 Å². The minimum absolute atomic E-state index is 0.0287. The van der Waals surface area contributed by atoms with E-state index < -0.39 is 5.97 Å². The summed E-state index contributed by atoms with van der Waals surface area (Å²) in [5, 5.41) is 12.4. The number of carbonyl (C=O) groups is 1. The molecular formula is C15H20BrNO3. The summed E-state index contributed by atoms with van der Waals surface area (Å²) in [5.74, 6) is 0.134. The van der Waals surface area contributed by atoms with Gasteiger partial charge in [-0.05, 0) is 39.9 Å². The van der Waals surface area contributed by atoms with Crippen molar-refractivity contribution in [1.29, 1.82) is 0 Å². The quantitative estimate of drug-likeness (QED) is 0.881. The normalized spacial score (nSPS) is 22.2. The molecule has 110 valence electrons. The first-order valence-electron chi connectivity index (χ1n) is 6.77. The van der Waals surface area contributed by atoms with Crippen LogP contribution in [0.25, 0.3) is 0 Å². The number of hydrogen-bond acceptors (Lipinski definition) is 3. The van der Waals surface area contributed by atoms with Crippen LogP contribution in [0.5, 0.6) is 5.75 Å². The van der Waals surface area contributed by atoms with Gasteiger partial charge in [-0.2, -0.15) is 0 Å². The molecule has 0 spiro atoms. The number of carboxylic acid groups (broad SMARTS) is 1. The average Bonchev–Trinajstić information content (AvgIpc) is 2.87. The van der Waals surface area contributed by atoms with Crippen LogP contribution in [0.1, 0.15) is 43.4 Å². The second kappa shape index (κ2) is 6.14. The fraction of sp³-hybridized carbons (Fsp3) is 0.533. The molecule has 2 unspecified atom stereocenters. The number of aliphatic carboxylic acids is 1. The van der Waals surface area contributed by atoms with Gasteiger partial charge >= 0.3 is 5.97 Å². The summed E-state index contributed by atoms with van der Waals surface area (Å²) in [7, 11) is 1.64. The fourth-order valence-corrected chi connectivity index (χ4v) is 3.26. The predicted molar refractivity (Wildman–Crippen MR) is 81.3 cm³/mol. The Morgan fingerprint density at radius 3 is 2.70 bits per heavy atom. The van der Waals surface area contributed by atoms with Crippen molar-refractivity contribution in [1.82, 2.24) is 5.32 Å². The first kappa shape index (κ1) is 15.3. The Labute approximate surface area is 127 Å². The van der Waals surface area contributed by atoms with Crippen molar-refractivity contribution < 1.29 is 14.6 Å². The summed E-state index contributed by atoms with van der Waals surface area (Å²) in [6, 6.07) is 4.22. The zero-order valence-corrected chi connectivity index (χ0v) is 13.5. The lowest BCUT2D eigenvalue weighted by Gasteiger charge is -2.19. The number of benzene rings is 1. The van der Waals surface area contributed by atoms with Crippen LogP contribution in [0.15, 0.2) is 16.6 Å². The minimum Gasteiger partial charge on any atom is -0.495 e. The molecule has 2 atom stereocenters. The molecule has 0 bridgehead atoms. The Kier molecular flexibility index (Phi) is 4.70. The molecule has 20 heavy (non-hydrogen) atoms. The summed E-state index contributed by atoms with van der Waals surface area (Å²) >= 11 is 3.55. The van der Waals surface area contributed by atoms with Crippen molar-refractivity contribution >= 4 is 21.9 Å². The van der Waals surface area contributed by atoms with Gasteiger partial charge in [-0.25, -0.2) is 0 Å². The molecule has 1 saturated heterocycles. The molecule has 4 nitrogen and oxygen atoms in total. The molecule has 2 rings (SSSR count). The van der Waals surface area contributed by atoms with E-state index in [-0.39, 0.29) is 12.0 Å². The molecular weight excluding hydrogens is 322 g/mol. The molecule has 0 radical (unpaired) electrons. The van der Waals surface area contributed by atoms with Gasteiger partial charge in [0, 0.05) is 18.2 Å². The third kappa shape index (κ3) is 2.99. The van der Waals surface area contributed by atoms with Crippen LogP contribution in [0, 0.1) is 5.92 Å². The first-order valence-corrected chi connectivity index (χ1v) is 7.56. The molecule has 1 aromatic rings. The van der Waals surface area contributed by atoms with Crippen molar-refractivity contribution in [2.45, 2.75) is 32.2 Å². The Bertz CT molecular complexity index is 516. The van der Waals surface area contributed by atoms with Crippen LogP contribution < -0.4 is 10.1 Å². The van der Waals surface area contributed by atoms with Gasteiger partial charge in [0.05, 0.1) is 17.5 Å². The molecule has 0 saturated carbocycles. The van der Waals surface area contributed by atoms with Crippen LogP contribution in [0.2, 0.25) is 0 Å². The van der Waals surface area contributed by atoms with Gasteiger partial charge in [-0.3, -0.25) is 4.79 Å². The number of hydrogen-bond donors (Lipinski definition) is 2. The van der Waals surface area contributed by atoms with Crippen LogP contribution in [-0.2, 0) is 4.79 Å². The van der Waals surface area contributed by atoms with E-state index in [0.29, 0.717) is 18.9 Å². The van der Waals surface area contributed by atoms with Gasteiger partial charge < -0.3 is 15.2 Å². The van der Waals surface area contributed by atoms with Crippen molar-refractivity contribution in [3.63, 3.8) is 0 Å². The second-order valence-electron chi connectivity index (χ2n) is 5.51. The zero-order valence-electron chi connectivity index (χ0n) is 11.9. The lowest BCUT2D eigenvalue weighted by Crippen LogP contribution is -2.17. The Balaban J connectivity index is 2.37. The summed E-state index contributed by atoms with van der Waals surface area (Å²) < 4.78 is 6.40. The fourth-order valence-electron chi connectivity index (χ4n) is 2.60. The maximum Gasteiger partial charge on any atom is 0.307 e. The Morgan fingerprint density at radius 1 is 1.50 bits per heavy atom. The van der Waals surface area contributed by atoms with Gasteiger partial charge in [-0.1, -0.05) is 19.9 Å². The van der Waals surface area contributed by atoms with E-state index >= 15 is 0 Å². The van der Waals surface area contributed by atoms with Crippen LogP contribution in [0.3, 0.4) is 0 Å². The van der Waals surface area contributed by atoms with E-state index in [1.54, 1.807) is 7.11 Å². The van der Waals surface area contributed by atoms with E-state index in [1.165, 1.54) is 5.56 Å². The summed E-state index contributed by atoms with van der Waals surface area (Å²) in [4.78, 5) is 11.1. The molecule has 1 fully saturated rings. The van der Waals surface area contributed by atoms with Crippen LogP contribution in [-0.4, -0.2) is 24.7 Å². The Hall–Kier alpha value is -1.07. The highest BCUT2D eigenvalue weighted by molar-refractivity contribution is 9.10. The maximum atomic E-state index is 11.1. The first-order chi connectivity index (χ1) is 9.43. The third-order valence-electron chi connectivity index (χ3n) is 3.82. The number of nitrogens with one attached hydrogen (secondary N) is 1. The summed E-state index contributed by atoms with van der Waals surface area (Å²) in [6.45, 7) is 4.78. The van der Waals surface area contributed by atoms with Gasteiger partial charge in [0.1, 0.15) is 5.75 Å². The summed E-state index contributed by atoms with van der Waals surface area (Å²) in [5.41, 5.74) is 2.25. The standard InChI is InChI=1S/C15H20BrNO3/c1-8(2)9-4-11(14(20-3)12(16)5-9)13-6-10(7-17-13)15(18)19/h4-5,8,10,13,17H,6-7H2,1-3H3,(H,18,19). The minimum atomic E-state index is -0.738. The van der Waals surface area contributed by atoms with Crippen molar-refractivity contribution in [3.8, 4) is 5.75 Å². The SMILES string of the molecule is COc1c(Br)cc(C(C)C)cc1C1CC(C(=O)O)CN1. The van der Waals surface area contributed by atoms with E-state index in [9.17, 15) is 4.79 Å². The Morgan fingerprint density at radius 2 is 2.20 bits per heavy atom. The van der Waals surface area contributed by atoms with Crippen molar-refractivity contribution in [3.05, 3.63) is 27.7 Å². The van der Waals surface area contributed by atoms with Gasteiger partial charge in [-0.15, -0.1) is 0 Å². The average molecular weight is 342 g/mol. The largest absolute Gasteiger partial charge is 0.495 e. The van der Waals surface area contributed by atoms with Crippen LogP contribution >= 0.6 is 15.9 Å². The lowest BCUT2D eigenvalue weighted by molar-refractivity contribution is -0.141. The molecule has 1 aromatic carbocycles. The van der Waals surface area contributed by atoms with E-state index in [0.717, 1.165) is 15.8 Å². The van der Waals surface area contributed by atoms with Gasteiger partial charge in [0.25, 0.3) is 0 Å². The topological polar surface area (TPSA) is 58.6 Å². The third-order valence-corrected chi connectivity index (χ3v) is 4.41. The highest BCUT2D eigenvalue weighted by atomic mass is 79.9. The number of carboxylic acids is 1. The number of ether oxygens (including phenoxy) is 1. The van der Waals surface area contributed by atoms with Gasteiger partial charge in [0.2, 0.25) is 0 Å². The van der Waals surface area contributed by atoms with Gasteiger partial charge in [0.15, 0.2) is 0 Å². The molecule has 1 aliphatic heterocycles. The highest BCUT2D eigenvalue weighted by Gasteiger charge is 2.32. The van der Waals surface area contributed by atoms with Crippen molar-refractivity contribution in [2.24, 2.45) is 5.92 Å². The van der Waals surface area contributed by atoms with Crippen LogP contribution in [0.4, 0.5) is 0 Å². The summed E-state index contributed by atoms with van der Waals surface area (Å²) in [6.07, 6.45) is 0.597. The molecule has 2 N–H and O–H groups in total. The zero-order chi connectivity index (χ0) is 14.9. The molecule has 1 aliphatic rings. The molecule has 5 heteroatoms. The highest BCUT2D eigenvalue weighted by Crippen LogP contribution is 2.39. The lowest BCUT2D eigenvalue weighted by atomic mass is 9.94. The number of methoxy groups -OCH3 is 1. The predicted octanol–water partition coefficient (Wildman–Crippen LogP) is 3.32. The number of halogens is 1. The van der Waals surface area contributed by atoms with E-state index in [4.69, 9.17) is 9.84 Å². The molecule has 0 amide bonds. The number of rotatable bonds is 4. The molecule has 0 aromatic heterocycles.